The lowest BCUT2D eigenvalue weighted by atomic mass is 9.90. The molecule has 0 amide bonds. The van der Waals surface area contributed by atoms with E-state index in [1.165, 1.54) is 0 Å². The summed E-state index contributed by atoms with van der Waals surface area (Å²) in [7, 11) is -4.04. The highest BCUT2D eigenvalue weighted by atomic mass is 31.2. The molecule has 0 spiro atoms. The fourth-order valence-electron chi connectivity index (χ4n) is 2.07. The van der Waals surface area contributed by atoms with Gasteiger partial charge in [0.1, 0.15) is 6.04 Å². The van der Waals surface area contributed by atoms with Gasteiger partial charge in [0, 0.05) is 6.04 Å². The van der Waals surface area contributed by atoms with E-state index >= 15 is 0 Å². The first-order valence-electron chi connectivity index (χ1n) is 4.81. The van der Waals surface area contributed by atoms with Gasteiger partial charge in [0.05, 0.1) is 6.16 Å². The highest BCUT2D eigenvalue weighted by Crippen LogP contribution is 2.40. The van der Waals surface area contributed by atoms with Gasteiger partial charge in [0.25, 0.3) is 0 Å². The smallest absolute Gasteiger partial charge is 0.325 e. The minimum Gasteiger partial charge on any atom is -0.480 e. The van der Waals surface area contributed by atoms with Crippen molar-refractivity contribution in [2.75, 3.05) is 6.16 Å². The van der Waals surface area contributed by atoms with Crippen LogP contribution < -0.4 is 5.32 Å². The molecule has 1 rings (SSSR count). The van der Waals surface area contributed by atoms with Gasteiger partial charge in [0.2, 0.25) is 0 Å². The summed E-state index contributed by atoms with van der Waals surface area (Å²) >= 11 is 0. The molecule has 0 bridgehead atoms. The van der Waals surface area contributed by atoms with Gasteiger partial charge in [0.15, 0.2) is 0 Å². The van der Waals surface area contributed by atoms with Crippen molar-refractivity contribution < 1.29 is 24.3 Å². The van der Waals surface area contributed by atoms with Crippen LogP contribution in [0.3, 0.4) is 0 Å². The number of piperidine rings is 1. The zero-order valence-corrected chi connectivity index (χ0v) is 9.35. The second kappa shape index (κ2) is 4.61. The van der Waals surface area contributed by atoms with E-state index in [4.69, 9.17) is 14.9 Å². The molecule has 0 aromatic carbocycles. The third kappa shape index (κ3) is 4.30. The van der Waals surface area contributed by atoms with Crippen molar-refractivity contribution in [3.8, 4) is 0 Å². The van der Waals surface area contributed by atoms with Crippen LogP contribution in [0.5, 0.6) is 0 Å². The van der Waals surface area contributed by atoms with Crippen molar-refractivity contribution in [2.45, 2.75) is 31.8 Å². The summed E-state index contributed by atoms with van der Waals surface area (Å²) < 4.78 is 10.8. The monoisotopic (exact) mass is 237 g/mol. The van der Waals surface area contributed by atoms with E-state index in [0.717, 1.165) is 0 Å². The topological polar surface area (TPSA) is 107 Å². The van der Waals surface area contributed by atoms with Gasteiger partial charge in [-0.25, -0.2) is 0 Å². The number of aliphatic carboxylic acids is 1. The molecule has 0 aromatic heterocycles. The van der Waals surface area contributed by atoms with Crippen LogP contribution in [-0.2, 0) is 9.36 Å². The zero-order chi connectivity index (χ0) is 11.6. The van der Waals surface area contributed by atoms with Gasteiger partial charge in [-0.15, -0.1) is 0 Å². The first-order chi connectivity index (χ1) is 6.78. The Labute approximate surface area is 87.8 Å². The molecule has 1 fully saturated rings. The molecule has 1 aliphatic heterocycles. The molecule has 88 valence electrons. The van der Waals surface area contributed by atoms with Crippen LogP contribution in [0.15, 0.2) is 0 Å². The van der Waals surface area contributed by atoms with Crippen LogP contribution in [0.1, 0.15) is 19.8 Å². The van der Waals surface area contributed by atoms with Crippen molar-refractivity contribution in [1.82, 2.24) is 5.32 Å². The Kier molecular flexibility index (Phi) is 3.89. The summed E-state index contributed by atoms with van der Waals surface area (Å²) in [6, 6.07) is -0.707. The van der Waals surface area contributed by atoms with Gasteiger partial charge in [-0.1, -0.05) is 0 Å². The average molecular weight is 237 g/mol. The largest absolute Gasteiger partial charge is 0.480 e. The first kappa shape index (κ1) is 12.6. The summed E-state index contributed by atoms with van der Waals surface area (Å²) in [4.78, 5) is 28.4. The van der Waals surface area contributed by atoms with Crippen LogP contribution >= 0.6 is 7.60 Å². The van der Waals surface area contributed by atoms with E-state index < -0.39 is 19.6 Å². The van der Waals surface area contributed by atoms with E-state index in [1.807, 2.05) is 6.92 Å². The minimum absolute atomic E-state index is 0.0172. The number of rotatable bonds is 3. The van der Waals surface area contributed by atoms with Crippen molar-refractivity contribution >= 4 is 13.6 Å². The molecular formula is C8H16NO5P. The van der Waals surface area contributed by atoms with Crippen molar-refractivity contribution in [2.24, 2.45) is 5.92 Å². The first-order valence-corrected chi connectivity index (χ1v) is 6.61. The fourth-order valence-corrected chi connectivity index (χ4v) is 3.04. The Bertz CT molecular complexity index is 289. The molecule has 0 aliphatic carbocycles. The molecule has 6 nitrogen and oxygen atoms in total. The van der Waals surface area contributed by atoms with Gasteiger partial charge < -0.3 is 20.2 Å². The molecular weight excluding hydrogens is 221 g/mol. The number of carbonyl (C=O) groups is 1. The standard InChI is InChI=1S/C8H16NO5P/c1-5-2-6(4-15(12,13)14)3-7(9-5)8(10)11/h5-7,9H,2-4H2,1H3,(H,10,11)(H2,12,13,14)/t5-,6+,7-/m0/s1. The summed E-state index contributed by atoms with van der Waals surface area (Å²) in [5.74, 6) is -1.18. The molecule has 7 heteroatoms. The SMILES string of the molecule is C[C@H]1C[C@@H](CP(=O)(O)O)C[C@@H](C(=O)O)N1. The molecule has 15 heavy (non-hydrogen) atoms. The Hall–Kier alpha value is -0.420. The number of nitrogens with one attached hydrogen (secondary N) is 1. The third-order valence-corrected chi connectivity index (χ3v) is 3.53. The van der Waals surface area contributed by atoms with Crippen LogP contribution in [0, 0.1) is 5.92 Å². The fraction of sp³-hybridized carbons (Fsp3) is 0.875. The predicted octanol–water partition coefficient (Wildman–Crippen LogP) is 0.00540. The summed E-state index contributed by atoms with van der Waals surface area (Å²) in [6.07, 6.45) is 0.669. The lowest BCUT2D eigenvalue weighted by Crippen LogP contribution is -2.48. The molecule has 1 saturated heterocycles. The summed E-state index contributed by atoms with van der Waals surface area (Å²) in [6.45, 7) is 1.82. The van der Waals surface area contributed by atoms with Crippen molar-refractivity contribution in [3.63, 3.8) is 0 Å². The maximum atomic E-state index is 10.8. The van der Waals surface area contributed by atoms with Crippen LogP contribution in [-0.4, -0.2) is 39.1 Å². The van der Waals surface area contributed by atoms with Gasteiger partial charge in [-0.2, -0.15) is 0 Å². The Morgan fingerprint density at radius 1 is 1.47 bits per heavy atom. The second-order valence-corrected chi connectivity index (χ2v) is 5.84. The van der Waals surface area contributed by atoms with E-state index in [-0.39, 0.29) is 24.5 Å². The minimum atomic E-state index is -4.04. The Morgan fingerprint density at radius 2 is 2.07 bits per heavy atom. The molecule has 3 atom stereocenters. The highest BCUT2D eigenvalue weighted by molar-refractivity contribution is 7.51. The number of hydrogen-bond acceptors (Lipinski definition) is 3. The molecule has 1 heterocycles. The van der Waals surface area contributed by atoms with Crippen LogP contribution in [0.25, 0.3) is 0 Å². The molecule has 0 aromatic rings. The van der Waals surface area contributed by atoms with Crippen LogP contribution in [0.4, 0.5) is 0 Å². The second-order valence-electron chi connectivity index (χ2n) is 4.14. The van der Waals surface area contributed by atoms with Gasteiger partial charge >= 0.3 is 13.6 Å². The molecule has 4 N–H and O–H groups in total. The maximum absolute atomic E-state index is 10.8. The molecule has 0 radical (unpaired) electrons. The molecule has 0 unspecified atom stereocenters. The number of carboxylic acids is 1. The van der Waals surface area contributed by atoms with E-state index in [1.54, 1.807) is 0 Å². The number of hydrogen-bond donors (Lipinski definition) is 4. The number of carboxylic acid groups (broad SMARTS) is 1. The Morgan fingerprint density at radius 3 is 2.53 bits per heavy atom. The van der Waals surface area contributed by atoms with E-state index in [2.05, 4.69) is 5.32 Å². The Balaban J connectivity index is 2.59. The molecule has 1 aliphatic rings. The normalized spacial score (nSPS) is 32.6. The van der Waals surface area contributed by atoms with E-state index in [0.29, 0.717) is 6.42 Å². The zero-order valence-electron chi connectivity index (χ0n) is 8.46. The third-order valence-electron chi connectivity index (χ3n) is 2.54. The van der Waals surface area contributed by atoms with Crippen LogP contribution in [0.2, 0.25) is 0 Å². The van der Waals surface area contributed by atoms with E-state index in [9.17, 15) is 9.36 Å². The van der Waals surface area contributed by atoms with Gasteiger partial charge in [-0.3, -0.25) is 9.36 Å². The van der Waals surface area contributed by atoms with Crippen molar-refractivity contribution in [1.29, 1.82) is 0 Å². The predicted molar refractivity (Wildman–Crippen MR) is 53.7 cm³/mol. The summed E-state index contributed by atoms with van der Waals surface area (Å²) in [5.41, 5.74) is 0. The highest BCUT2D eigenvalue weighted by Gasteiger charge is 2.33. The quantitative estimate of drug-likeness (QED) is 0.515. The average Bonchev–Trinajstić information content (AvgIpc) is 1.99. The van der Waals surface area contributed by atoms with Gasteiger partial charge in [-0.05, 0) is 25.7 Å². The summed E-state index contributed by atoms with van der Waals surface area (Å²) in [5, 5.41) is 11.7. The lowest BCUT2D eigenvalue weighted by Gasteiger charge is -2.32. The lowest BCUT2D eigenvalue weighted by molar-refractivity contribution is -0.140. The molecule has 0 saturated carbocycles. The van der Waals surface area contributed by atoms with Crippen molar-refractivity contribution in [3.05, 3.63) is 0 Å². The maximum Gasteiger partial charge on any atom is 0.325 e.